The van der Waals surface area contributed by atoms with Gasteiger partial charge in [-0.1, -0.05) is 12.1 Å². The van der Waals surface area contributed by atoms with E-state index in [1.54, 1.807) is 7.11 Å². The summed E-state index contributed by atoms with van der Waals surface area (Å²) in [6.07, 6.45) is 2.35. The Morgan fingerprint density at radius 2 is 2.00 bits per heavy atom. The second-order valence-electron chi connectivity index (χ2n) is 8.01. The minimum absolute atomic E-state index is 0. The third kappa shape index (κ3) is 7.46. The van der Waals surface area contributed by atoms with E-state index in [0.29, 0.717) is 6.04 Å². The van der Waals surface area contributed by atoms with Crippen LogP contribution in [0.3, 0.4) is 0 Å². The standard InChI is InChI=1S/C22H38N6O.HI/c1-4-23-22(24-11-15-27-13-7-12-26(2)16-17-27)25-19-10-14-28(18-19)20-8-5-6-9-21(20)29-3;/h5-6,8-9,19H,4,7,10-18H2,1-3H3,(H2,23,24,25);1H. The maximum Gasteiger partial charge on any atom is 0.191 e. The maximum atomic E-state index is 5.53. The van der Waals surface area contributed by atoms with Crippen LogP contribution in [-0.4, -0.2) is 94.9 Å². The second-order valence-corrected chi connectivity index (χ2v) is 8.01. The smallest absolute Gasteiger partial charge is 0.191 e. The average molecular weight is 530 g/mol. The van der Waals surface area contributed by atoms with Crippen LogP contribution in [0, 0.1) is 0 Å². The number of ether oxygens (including phenoxy) is 1. The number of aliphatic imine (C=N–C) groups is 1. The van der Waals surface area contributed by atoms with Crippen molar-refractivity contribution in [3.05, 3.63) is 24.3 Å². The SMILES string of the molecule is CCNC(=NCCN1CCCN(C)CC1)NC1CCN(c2ccccc2OC)C1.I. The molecule has 0 bridgehead atoms. The predicted octanol–water partition coefficient (Wildman–Crippen LogP) is 2.08. The zero-order chi connectivity index (χ0) is 20.5. The van der Waals surface area contributed by atoms with Gasteiger partial charge in [0, 0.05) is 45.3 Å². The van der Waals surface area contributed by atoms with Gasteiger partial charge in [-0.15, -0.1) is 24.0 Å². The van der Waals surface area contributed by atoms with Gasteiger partial charge in [-0.25, -0.2) is 0 Å². The molecule has 1 atom stereocenters. The third-order valence-corrected chi connectivity index (χ3v) is 5.80. The van der Waals surface area contributed by atoms with E-state index < -0.39 is 0 Å². The van der Waals surface area contributed by atoms with Crippen LogP contribution in [0.4, 0.5) is 5.69 Å². The van der Waals surface area contributed by atoms with E-state index in [9.17, 15) is 0 Å². The molecule has 8 heteroatoms. The summed E-state index contributed by atoms with van der Waals surface area (Å²) in [6.45, 7) is 11.5. The number of hydrogen-bond donors (Lipinski definition) is 2. The van der Waals surface area contributed by atoms with Gasteiger partial charge in [-0.3, -0.25) is 4.99 Å². The zero-order valence-corrected chi connectivity index (χ0v) is 21.1. The lowest BCUT2D eigenvalue weighted by atomic mass is 10.2. The van der Waals surface area contributed by atoms with E-state index in [4.69, 9.17) is 9.73 Å². The molecule has 0 amide bonds. The van der Waals surface area contributed by atoms with Gasteiger partial charge in [-0.05, 0) is 52.0 Å². The van der Waals surface area contributed by atoms with Crippen LogP contribution < -0.4 is 20.3 Å². The fraction of sp³-hybridized carbons (Fsp3) is 0.682. The molecule has 1 aromatic rings. The molecule has 0 saturated carbocycles. The number of nitrogens with one attached hydrogen (secondary N) is 2. The van der Waals surface area contributed by atoms with Crippen LogP contribution in [0.1, 0.15) is 19.8 Å². The zero-order valence-electron chi connectivity index (χ0n) is 18.8. The number of benzene rings is 1. The molecular formula is C22H39IN6O. The Morgan fingerprint density at radius 1 is 1.17 bits per heavy atom. The van der Waals surface area contributed by atoms with Gasteiger partial charge in [-0.2, -0.15) is 0 Å². The van der Waals surface area contributed by atoms with Crippen molar-refractivity contribution in [2.75, 3.05) is 78.0 Å². The number of guanidine groups is 1. The van der Waals surface area contributed by atoms with Gasteiger partial charge in [0.15, 0.2) is 5.96 Å². The van der Waals surface area contributed by atoms with Crippen LogP contribution in [0.2, 0.25) is 0 Å². The Bertz CT molecular complexity index is 658. The molecule has 2 N–H and O–H groups in total. The van der Waals surface area contributed by atoms with Gasteiger partial charge >= 0.3 is 0 Å². The summed E-state index contributed by atoms with van der Waals surface area (Å²) < 4.78 is 5.53. The predicted molar refractivity (Wildman–Crippen MR) is 137 cm³/mol. The second kappa shape index (κ2) is 13.2. The van der Waals surface area contributed by atoms with E-state index in [-0.39, 0.29) is 24.0 Å². The number of rotatable bonds is 7. The molecule has 0 aromatic heterocycles. The van der Waals surface area contributed by atoms with Gasteiger partial charge in [0.1, 0.15) is 5.75 Å². The molecule has 3 rings (SSSR count). The number of halogens is 1. The van der Waals surface area contributed by atoms with Crippen molar-refractivity contribution < 1.29 is 4.74 Å². The van der Waals surface area contributed by atoms with Gasteiger partial charge in [0.05, 0.1) is 19.3 Å². The molecule has 7 nitrogen and oxygen atoms in total. The highest BCUT2D eigenvalue weighted by Gasteiger charge is 2.25. The first-order valence-electron chi connectivity index (χ1n) is 11.0. The Hall–Kier alpha value is -1.26. The summed E-state index contributed by atoms with van der Waals surface area (Å²) in [5.74, 6) is 1.88. The Morgan fingerprint density at radius 3 is 2.80 bits per heavy atom. The fourth-order valence-corrected chi connectivity index (χ4v) is 4.13. The molecule has 30 heavy (non-hydrogen) atoms. The summed E-state index contributed by atoms with van der Waals surface area (Å²) in [4.78, 5) is 12.2. The topological polar surface area (TPSA) is 55.4 Å². The first kappa shape index (κ1) is 25.0. The lowest BCUT2D eigenvalue weighted by molar-refractivity contribution is 0.283. The summed E-state index contributed by atoms with van der Waals surface area (Å²) in [6, 6.07) is 8.66. The highest BCUT2D eigenvalue weighted by Crippen LogP contribution is 2.30. The van der Waals surface area contributed by atoms with Crippen LogP contribution >= 0.6 is 24.0 Å². The van der Waals surface area contributed by atoms with E-state index in [2.05, 4.69) is 51.4 Å². The fourth-order valence-electron chi connectivity index (χ4n) is 4.13. The first-order valence-corrected chi connectivity index (χ1v) is 11.0. The van der Waals surface area contributed by atoms with Crippen molar-refractivity contribution in [3.8, 4) is 5.75 Å². The monoisotopic (exact) mass is 530 g/mol. The lowest BCUT2D eigenvalue weighted by Gasteiger charge is -2.22. The summed E-state index contributed by atoms with van der Waals surface area (Å²) in [5.41, 5.74) is 1.17. The Labute approximate surface area is 199 Å². The number of likely N-dealkylation sites (N-methyl/N-ethyl adjacent to an activating group) is 1. The number of para-hydroxylation sites is 2. The highest BCUT2D eigenvalue weighted by molar-refractivity contribution is 14.0. The van der Waals surface area contributed by atoms with Crippen molar-refractivity contribution in [3.63, 3.8) is 0 Å². The molecule has 170 valence electrons. The molecule has 0 aliphatic carbocycles. The van der Waals surface area contributed by atoms with Crippen LogP contribution in [0.25, 0.3) is 0 Å². The normalized spacial score (nSPS) is 21.1. The average Bonchev–Trinajstić information content (AvgIpc) is 3.09. The van der Waals surface area contributed by atoms with Gasteiger partial charge in [0.25, 0.3) is 0 Å². The van der Waals surface area contributed by atoms with E-state index >= 15 is 0 Å². The maximum absolute atomic E-state index is 5.53. The molecule has 0 spiro atoms. The van der Waals surface area contributed by atoms with E-state index in [1.165, 1.54) is 25.2 Å². The molecule has 0 radical (unpaired) electrons. The lowest BCUT2D eigenvalue weighted by Crippen LogP contribution is -2.45. The molecule has 1 unspecified atom stereocenters. The van der Waals surface area contributed by atoms with Crippen molar-refractivity contribution in [1.29, 1.82) is 0 Å². The molecule has 2 aliphatic heterocycles. The number of nitrogens with zero attached hydrogens (tertiary/aromatic N) is 4. The molecule has 2 aliphatic rings. The highest BCUT2D eigenvalue weighted by atomic mass is 127. The van der Waals surface area contributed by atoms with E-state index in [1.807, 2.05) is 12.1 Å². The Balaban J connectivity index is 0.00000320. The van der Waals surface area contributed by atoms with Crippen molar-refractivity contribution >= 4 is 35.6 Å². The van der Waals surface area contributed by atoms with Crippen molar-refractivity contribution in [2.24, 2.45) is 4.99 Å². The third-order valence-electron chi connectivity index (χ3n) is 5.80. The summed E-state index contributed by atoms with van der Waals surface area (Å²) in [7, 11) is 3.95. The number of hydrogen-bond acceptors (Lipinski definition) is 5. The minimum atomic E-state index is 0. The molecule has 2 heterocycles. The van der Waals surface area contributed by atoms with Crippen LogP contribution in [0.15, 0.2) is 29.3 Å². The van der Waals surface area contributed by atoms with E-state index in [0.717, 1.165) is 63.9 Å². The van der Waals surface area contributed by atoms with Gasteiger partial charge in [0.2, 0.25) is 0 Å². The minimum Gasteiger partial charge on any atom is -0.495 e. The Kier molecular flexibility index (Phi) is 11.0. The summed E-state index contributed by atoms with van der Waals surface area (Å²) in [5, 5.41) is 7.05. The molecule has 2 saturated heterocycles. The van der Waals surface area contributed by atoms with Crippen molar-refractivity contribution in [2.45, 2.75) is 25.8 Å². The molecule has 2 fully saturated rings. The largest absolute Gasteiger partial charge is 0.495 e. The first-order chi connectivity index (χ1) is 14.2. The van der Waals surface area contributed by atoms with Crippen molar-refractivity contribution in [1.82, 2.24) is 20.4 Å². The number of anilines is 1. The quantitative estimate of drug-likeness (QED) is 0.320. The molecular weight excluding hydrogens is 491 g/mol. The summed E-state index contributed by atoms with van der Waals surface area (Å²) >= 11 is 0. The number of methoxy groups -OCH3 is 1. The molecule has 1 aromatic carbocycles. The van der Waals surface area contributed by atoms with Crippen LogP contribution in [-0.2, 0) is 0 Å². The van der Waals surface area contributed by atoms with Crippen LogP contribution in [0.5, 0.6) is 5.75 Å². The van der Waals surface area contributed by atoms with Gasteiger partial charge < -0.3 is 30.1 Å².